The zero-order chi connectivity index (χ0) is 11.4. The molecule has 3 N–H and O–H groups in total. The van der Waals surface area contributed by atoms with Gasteiger partial charge in [0, 0.05) is 6.54 Å². The van der Waals surface area contributed by atoms with E-state index in [2.05, 4.69) is 26.8 Å². The molecule has 0 aromatic carbocycles. The largest absolute Gasteiger partial charge is 0.368 e. The van der Waals surface area contributed by atoms with E-state index in [4.69, 9.17) is 17.3 Å². The Morgan fingerprint density at radius 3 is 2.73 bits per heavy atom. The Labute approximate surface area is 93.8 Å². The molecular weight excluding hydrogens is 214 g/mol. The van der Waals surface area contributed by atoms with Crippen LogP contribution < -0.4 is 11.1 Å². The first-order chi connectivity index (χ1) is 6.99. The van der Waals surface area contributed by atoms with E-state index in [0.29, 0.717) is 18.3 Å². The fourth-order valence-electron chi connectivity index (χ4n) is 0.896. The molecule has 1 rings (SSSR count). The number of rotatable bonds is 4. The van der Waals surface area contributed by atoms with Gasteiger partial charge in [0.15, 0.2) is 5.82 Å². The molecule has 0 bridgehead atoms. The summed E-state index contributed by atoms with van der Waals surface area (Å²) in [5, 5.41) is 2.69. The minimum absolute atomic E-state index is 0.164. The second-order valence-corrected chi connectivity index (χ2v) is 3.96. The number of alkyl halides is 1. The number of nitrogen functional groups attached to an aromatic ring is 1. The minimum Gasteiger partial charge on any atom is -0.368 e. The number of aromatic nitrogens is 3. The van der Waals surface area contributed by atoms with Crippen LogP contribution in [0.3, 0.4) is 0 Å². The van der Waals surface area contributed by atoms with Crippen LogP contribution in [0.25, 0.3) is 0 Å². The fraction of sp³-hybridized carbons (Fsp3) is 0.444. The van der Waals surface area contributed by atoms with Crippen molar-refractivity contribution in [3.05, 3.63) is 18.0 Å². The van der Waals surface area contributed by atoms with Crippen molar-refractivity contribution in [1.29, 1.82) is 0 Å². The lowest BCUT2D eigenvalue weighted by Gasteiger charge is -2.07. The van der Waals surface area contributed by atoms with Gasteiger partial charge < -0.3 is 11.1 Å². The highest BCUT2D eigenvalue weighted by Crippen LogP contribution is 2.16. The van der Waals surface area contributed by atoms with Crippen molar-refractivity contribution in [3.63, 3.8) is 0 Å². The predicted molar refractivity (Wildman–Crippen MR) is 61.8 cm³/mol. The summed E-state index contributed by atoms with van der Waals surface area (Å²) in [6, 6.07) is 0. The van der Waals surface area contributed by atoms with Gasteiger partial charge in [-0.25, -0.2) is 0 Å². The van der Waals surface area contributed by atoms with Gasteiger partial charge in [0.05, 0.1) is 5.38 Å². The minimum atomic E-state index is -0.291. The number of halogens is 1. The maximum Gasteiger partial charge on any atom is 0.228 e. The summed E-state index contributed by atoms with van der Waals surface area (Å²) in [6.07, 6.45) is 0. The molecule has 82 valence electrons. The normalized spacial score (nSPS) is 12.2. The molecule has 0 amide bonds. The van der Waals surface area contributed by atoms with E-state index in [1.54, 1.807) is 6.92 Å². The van der Waals surface area contributed by atoms with Gasteiger partial charge in [-0.2, -0.15) is 15.0 Å². The Morgan fingerprint density at radius 2 is 2.20 bits per heavy atom. The summed E-state index contributed by atoms with van der Waals surface area (Å²) in [5.74, 6) is 1.05. The zero-order valence-electron chi connectivity index (χ0n) is 8.79. The summed E-state index contributed by atoms with van der Waals surface area (Å²) < 4.78 is 0. The lowest BCUT2D eigenvalue weighted by molar-refractivity contribution is 0.882. The quantitative estimate of drug-likeness (QED) is 0.605. The van der Waals surface area contributed by atoms with Crippen molar-refractivity contribution in [2.24, 2.45) is 0 Å². The van der Waals surface area contributed by atoms with Crippen molar-refractivity contribution in [2.75, 3.05) is 17.6 Å². The predicted octanol–water partition coefficient (Wildman–Crippen LogP) is 1.74. The second-order valence-electron chi connectivity index (χ2n) is 3.30. The van der Waals surface area contributed by atoms with Gasteiger partial charge in [-0.05, 0) is 13.8 Å². The third kappa shape index (κ3) is 3.71. The number of hydrogen-bond acceptors (Lipinski definition) is 5. The van der Waals surface area contributed by atoms with Crippen molar-refractivity contribution >= 4 is 23.5 Å². The van der Waals surface area contributed by atoms with Gasteiger partial charge >= 0.3 is 0 Å². The van der Waals surface area contributed by atoms with Crippen LogP contribution in [0.4, 0.5) is 11.9 Å². The molecule has 1 atom stereocenters. The summed E-state index contributed by atoms with van der Waals surface area (Å²) in [6.45, 7) is 8.04. The molecular formula is C9H14ClN5. The van der Waals surface area contributed by atoms with Gasteiger partial charge in [-0.15, -0.1) is 11.6 Å². The van der Waals surface area contributed by atoms with Crippen LogP contribution in [-0.4, -0.2) is 21.5 Å². The van der Waals surface area contributed by atoms with Gasteiger partial charge in [-0.3, -0.25) is 0 Å². The standard InChI is InChI=1S/C9H14ClN5/c1-5(2)4-12-9-14-7(6(3)10)13-8(11)15-9/h6H,1,4H2,2-3H3,(H3,11,12,13,14,15). The number of nitrogens with zero attached hydrogens (tertiary/aromatic N) is 3. The van der Waals surface area contributed by atoms with Gasteiger partial charge in [0.2, 0.25) is 11.9 Å². The molecule has 0 saturated carbocycles. The van der Waals surface area contributed by atoms with E-state index in [1.165, 1.54) is 0 Å². The van der Waals surface area contributed by atoms with Crippen LogP contribution in [-0.2, 0) is 0 Å². The van der Waals surface area contributed by atoms with Gasteiger partial charge in [-0.1, -0.05) is 12.2 Å². The molecule has 1 aromatic rings. The van der Waals surface area contributed by atoms with E-state index < -0.39 is 0 Å². The molecule has 1 aromatic heterocycles. The molecule has 0 fully saturated rings. The number of hydrogen-bond donors (Lipinski definition) is 2. The van der Waals surface area contributed by atoms with E-state index in [9.17, 15) is 0 Å². The molecule has 0 spiro atoms. The maximum absolute atomic E-state index is 5.86. The van der Waals surface area contributed by atoms with Crippen molar-refractivity contribution in [2.45, 2.75) is 19.2 Å². The number of nitrogens with two attached hydrogens (primary N) is 1. The molecule has 6 heteroatoms. The summed E-state index contributed by atoms with van der Waals surface area (Å²) in [4.78, 5) is 12.0. The van der Waals surface area contributed by atoms with Gasteiger partial charge in [0.1, 0.15) is 0 Å². The molecule has 0 aliphatic carbocycles. The van der Waals surface area contributed by atoms with Crippen LogP contribution in [0.5, 0.6) is 0 Å². The van der Waals surface area contributed by atoms with E-state index in [-0.39, 0.29) is 11.3 Å². The van der Waals surface area contributed by atoms with Crippen molar-refractivity contribution in [1.82, 2.24) is 15.0 Å². The Bertz CT molecular complexity index is 364. The van der Waals surface area contributed by atoms with Crippen LogP contribution in [0.2, 0.25) is 0 Å². The highest BCUT2D eigenvalue weighted by atomic mass is 35.5. The lowest BCUT2D eigenvalue weighted by Crippen LogP contribution is -2.11. The third-order valence-electron chi connectivity index (χ3n) is 1.57. The Balaban J connectivity index is 2.84. The third-order valence-corrected chi connectivity index (χ3v) is 1.77. The first-order valence-electron chi connectivity index (χ1n) is 4.53. The van der Waals surface area contributed by atoms with E-state index >= 15 is 0 Å². The molecule has 1 unspecified atom stereocenters. The topological polar surface area (TPSA) is 76.7 Å². The Hall–Kier alpha value is -1.36. The zero-order valence-corrected chi connectivity index (χ0v) is 9.54. The number of anilines is 2. The summed E-state index contributed by atoms with van der Waals surface area (Å²) in [7, 11) is 0. The maximum atomic E-state index is 5.86. The molecule has 1 heterocycles. The first kappa shape index (κ1) is 11.7. The first-order valence-corrected chi connectivity index (χ1v) is 4.96. The van der Waals surface area contributed by atoms with Gasteiger partial charge in [0.25, 0.3) is 0 Å². The molecule has 5 nitrogen and oxygen atoms in total. The molecule has 0 radical (unpaired) electrons. The van der Waals surface area contributed by atoms with Crippen LogP contribution in [0.15, 0.2) is 12.2 Å². The van der Waals surface area contributed by atoms with Crippen LogP contribution >= 0.6 is 11.6 Å². The molecule has 0 saturated heterocycles. The van der Waals surface area contributed by atoms with Crippen molar-refractivity contribution in [3.8, 4) is 0 Å². The molecule has 0 aliphatic heterocycles. The molecule has 15 heavy (non-hydrogen) atoms. The van der Waals surface area contributed by atoms with Crippen LogP contribution in [0, 0.1) is 0 Å². The van der Waals surface area contributed by atoms with E-state index in [1.807, 2.05) is 6.92 Å². The SMILES string of the molecule is C=C(C)CNc1nc(N)nc(C(C)Cl)n1. The average molecular weight is 228 g/mol. The van der Waals surface area contributed by atoms with Crippen LogP contribution in [0.1, 0.15) is 25.0 Å². The van der Waals surface area contributed by atoms with E-state index in [0.717, 1.165) is 5.57 Å². The van der Waals surface area contributed by atoms with Crippen molar-refractivity contribution < 1.29 is 0 Å². The average Bonchev–Trinajstić information content (AvgIpc) is 2.13. The lowest BCUT2D eigenvalue weighted by atomic mass is 10.3. The Kier molecular flexibility index (Phi) is 3.85. The highest BCUT2D eigenvalue weighted by Gasteiger charge is 2.08. The fourth-order valence-corrected chi connectivity index (χ4v) is 0.994. The monoisotopic (exact) mass is 227 g/mol. The summed E-state index contributed by atoms with van der Waals surface area (Å²) in [5.41, 5.74) is 6.50. The number of nitrogens with one attached hydrogen (secondary N) is 1. The summed E-state index contributed by atoms with van der Waals surface area (Å²) >= 11 is 5.86. The molecule has 0 aliphatic rings. The second kappa shape index (κ2) is 4.93. The highest BCUT2D eigenvalue weighted by molar-refractivity contribution is 6.20. The smallest absolute Gasteiger partial charge is 0.228 e. The Morgan fingerprint density at radius 1 is 1.53 bits per heavy atom.